The van der Waals surface area contributed by atoms with Crippen LogP contribution in [0.25, 0.3) is 0 Å². The zero-order valence-electron chi connectivity index (χ0n) is 13.2. The molecular weight excluding hydrogens is 331 g/mol. The largest absolute Gasteiger partial charge is 0.325 e. The van der Waals surface area contributed by atoms with Gasteiger partial charge >= 0.3 is 0 Å². The number of anilines is 1. The van der Waals surface area contributed by atoms with Crippen LogP contribution in [0.5, 0.6) is 0 Å². The fraction of sp³-hybridized carbons (Fsp3) is 0.278. The van der Waals surface area contributed by atoms with Crippen LogP contribution >= 0.6 is 23.2 Å². The lowest BCUT2D eigenvalue weighted by molar-refractivity contribution is -0.115. The first-order chi connectivity index (χ1) is 11.0. The Morgan fingerprint density at radius 3 is 2.65 bits per heavy atom. The van der Waals surface area contributed by atoms with Crippen molar-refractivity contribution in [1.29, 1.82) is 0 Å². The van der Waals surface area contributed by atoms with E-state index in [1.165, 1.54) is 0 Å². The monoisotopic (exact) mass is 350 g/mol. The molecule has 0 aliphatic carbocycles. The van der Waals surface area contributed by atoms with Crippen molar-refractivity contribution in [2.24, 2.45) is 0 Å². The second-order valence-electron chi connectivity index (χ2n) is 5.46. The fourth-order valence-corrected chi connectivity index (χ4v) is 2.73. The molecule has 2 rings (SSSR count). The van der Waals surface area contributed by atoms with Gasteiger partial charge in [0.05, 0.1) is 6.54 Å². The van der Waals surface area contributed by atoms with Gasteiger partial charge in [-0.3, -0.25) is 4.79 Å². The van der Waals surface area contributed by atoms with Crippen LogP contribution in [0.15, 0.2) is 36.4 Å². The summed E-state index contributed by atoms with van der Waals surface area (Å²) in [6.45, 7) is 4.96. The van der Waals surface area contributed by atoms with Crippen molar-refractivity contribution in [3.05, 3.63) is 63.1 Å². The number of hydrogen-bond donors (Lipinski definition) is 2. The van der Waals surface area contributed by atoms with Crippen LogP contribution in [-0.4, -0.2) is 19.0 Å². The van der Waals surface area contributed by atoms with Crippen LogP contribution in [0.4, 0.5) is 5.69 Å². The molecule has 0 aliphatic heterocycles. The molecule has 0 bridgehead atoms. The smallest absolute Gasteiger partial charge is 0.238 e. The maximum atomic E-state index is 12.0. The topological polar surface area (TPSA) is 41.1 Å². The van der Waals surface area contributed by atoms with Gasteiger partial charge in [0.25, 0.3) is 0 Å². The second kappa shape index (κ2) is 8.34. The van der Waals surface area contributed by atoms with Gasteiger partial charge in [-0.25, -0.2) is 0 Å². The lowest BCUT2D eigenvalue weighted by atomic mass is 10.1. The number of amides is 1. The molecule has 3 nitrogen and oxygen atoms in total. The van der Waals surface area contributed by atoms with Gasteiger partial charge < -0.3 is 10.6 Å². The fourth-order valence-electron chi connectivity index (χ4n) is 2.23. The minimum Gasteiger partial charge on any atom is -0.325 e. The average molecular weight is 351 g/mol. The Kier molecular flexibility index (Phi) is 6.46. The summed E-state index contributed by atoms with van der Waals surface area (Å²) in [6, 6.07) is 11.3. The summed E-state index contributed by atoms with van der Waals surface area (Å²) in [5.74, 6) is -0.0547. The second-order valence-corrected chi connectivity index (χ2v) is 6.30. The molecule has 122 valence electrons. The molecule has 5 heteroatoms. The molecule has 0 aromatic heterocycles. The van der Waals surface area contributed by atoms with Gasteiger partial charge in [-0.1, -0.05) is 41.4 Å². The zero-order valence-corrected chi connectivity index (χ0v) is 14.8. The third-order valence-corrected chi connectivity index (χ3v) is 4.34. The van der Waals surface area contributed by atoms with Crippen molar-refractivity contribution >= 4 is 34.8 Å². The molecule has 0 radical (unpaired) electrons. The Morgan fingerprint density at radius 2 is 1.91 bits per heavy atom. The van der Waals surface area contributed by atoms with Crippen LogP contribution in [0.1, 0.15) is 16.7 Å². The van der Waals surface area contributed by atoms with Crippen LogP contribution in [0.2, 0.25) is 10.0 Å². The number of halogens is 2. The van der Waals surface area contributed by atoms with Crippen molar-refractivity contribution in [2.75, 3.05) is 18.4 Å². The van der Waals surface area contributed by atoms with E-state index in [2.05, 4.69) is 10.6 Å². The summed E-state index contributed by atoms with van der Waals surface area (Å²) in [4.78, 5) is 12.0. The molecule has 0 saturated carbocycles. The number of carbonyl (C=O) groups excluding carboxylic acids is 1. The van der Waals surface area contributed by atoms with Crippen LogP contribution in [-0.2, 0) is 11.2 Å². The van der Waals surface area contributed by atoms with Gasteiger partial charge in [0, 0.05) is 15.7 Å². The highest BCUT2D eigenvalue weighted by atomic mass is 35.5. The summed E-state index contributed by atoms with van der Waals surface area (Å²) in [6.07, 6.45) is 0.743. The molecule has 0 aliphatic rings. The number of hydrogen-bond acceptors (Lipinski definition) is 2. The highest BCUT2D eigenvalue weighted by Gasteiger charge is 2.06. The molecular formula is C18H20Cl2N2O. The molecule has 2 aromatic rings. The van der Waals surface area contributed by atoms with E-state index < -0.39 is 0 Å². The molecule has 1 amide bonds. The molecule has 2 aromatic carbocycles. The lowest BCUT2D eigenvalue weighted by Crippen LogP contribution is -2.29. The summed E-state index contributed by atoms with van der Waals surface area (Å²) in [5.41, 5.74) is 4.12. The van der Waals surface area contributed by atoms with E-state index in [4.69, 9.17) is 23.2 Å². The average Bonchev–Trinajstić information content (AvgIpc) is 2.50. The minimum atomic E-state index is -0.0547. The van der Waals surface area contributed by atoms with Gasteiger partial charge in [-0.2, -0.15) is 0 Å². The number of benzene rings is 2. The summed E-state index contributed by atoms with van der Waals surface area (Å²) in [5, 5.41) is 7.33. The van der Waals surface area contributed by atoms with Crippen LogP contribution in [0, 0.1) is 13.8 Å². The van der Waals surface area contributed by atoms with E-state index in [1.807, 2.05) is 44.2 Å². The molecule has 2 N–H and O–H groups in total. The van der Waals surface area contributed by atoms with Crippen molar-refractivity contribution in [3.63, 3.8) is 0 Å². The third-order valence-electron chi connectivity index (χ3n) is 3.75. The molecule has 0 heterocycles. The highest BCUT2D eigenvalue weighted by molar-refractivity contribution is 6.35. The van der Waals surface area contributed by atoms with E-state index >= 15 is 0 Å². The van der Waals surface area contributed by atoms with Gasteiger partial charge in [-0.15, -0.1) is 0 Å². The van der Waals surface area contributed by atoms with Gasteiger partial charge in [0.2, 0.25) is 5.91 Å². The first kappa shape index (κ1) is 17.8. The van der Waals surface area contributed by atoms with Crippen molar-refractivity contribution in [1.82, 2.24) is 5.32 Å². The Hall–Kier alpha value is -1.55. The lowest BCUT2D eigenvalue weighted by Gasteiger charge is -2.11. The first-order valence-corrected chi connectivity index (χ1v) is 8.23. The number of nitrogens with one attached hydrogen (secondary N) is 2. The summed E-state index contributed by atoms with van der Waals surface area (Å²) < 4.78 is 0. The Balaban J connectivity index is 1.78. The number of carbonyl (C=O) groups is 1. The molecule has 0 saturated heterocycles. The Bertz CT molecular complexity index is 701. The van der Waals surface area contributed by atoms with Crippen molar-refractivity contribution in [2.45, 2.75) is 20.3 Å². The van der Waals surface area contributed by atoms with E-state index in [0.717, 1.165) is 28.8 Å². The predicted octanol–water partition coefficient (Wildman–Crippen LogP) is 4.38. The molecule has 0 spiro atoms. The minimum absolute atomic E-state index is 0.0547. The Labute approximate surface area is 147 Å². The maximum Gasteiger partial charge on any atom is 0.238 e. The Morgan fingerprint density at radius 1 is 1.13 bits per heavy atom. The molecule has 0 fully saturated rings. The summed E-state index contributed by atoms with van der Waals surface area (Å²) in [7, 11) is 0. The number of rotatable bonds is 6. The van der Waals surface area contributed by atoms with E-state index in [9.17, 15) is 4.79 Å². The quantitative estimate of drug-likeness (QED) is 0.759. The third kappa shape index (κ3) is 5.24. The van der Waals surface area contributed by atoms with Gasteiger partial charge in [-0.05, 0) is 61.7 Å². The van der Waals surface area contributed by atoms with Crippen LogP contribution in [0.3, 0.4) is 0 Å². The number of aryl methyl sites for hydroxylation is 1. The van der Waals surface area contributed by atoms with Crippen molar-refractivity contribution < 1.29 is 4.79 Å². The summed E-state index contributed by atoms with van der Waals surface area (Å²) >= 11 is 12.0. The molecule has 0 atom stereocenters. The van der Waals surface area contributed by atoms with E-state index in [0.29, 0.717) is 16.6 Å². The van der Waals surface area contributed by atoms with Gasteiger partial charge in [0.15, 0.2) is 0 Å². The first-order valence-electron chi connectivity index (χ1n) is 7.48. The van der Waals surface area contributed by atoms with E-state index in [-0.39, 0.29) is 12.5 Å². The highest BCUT2D eigenvalue weighted by Crippen LogP contribution is 2.21. The van der Waals surface area contributed by atoms with E-state index in [1.54, 1.807) is 6.07 Å². The van der Waals surface area contributed by atoms with Crippen molar-refractivity contribution in [3.8, 4) is 0 Å². The molecule has 0 unspecified atom stereocenters. The standard InChI is InChI=1S/C18H20Cl2N2O/c1-12-4-3-5-17(13(12)2)22-18(23)11-21-9-8-14-6-7-15(19)10-16(14)20/h3-7,10,21H,8-9,11H2,1-2H3,(H,22,23). The molecule has 23 heavy (non-hydrogen) atoms. The SMILES string of the molecule is Cc1cccc(NC(=O)CNCCc2ccc(Cl)cc2Cl)c1C. The van der Waals surface area contributed by atoms with Crippen LogP contribution < -0.4 is 10.6 Å². The maximum absolute atomic E-state index is 12.0. The zero-order chi connectivity index (χ0) is 16.8. The van der Waals surface area contributed by atoms with Gasteiger partial charge in [0.1, 0.15) is 0 Å². The normalized spacial score (nSPS) is 10.6. The predicted molar refractivity (Wildman–Crippen MR) is 97.6 cm³/mol.